The lowest BCUT2D eigenvalue weighted by atomic mass is 9.97. The summed E-state index contributed by atoms with van der Waals surface area (Å²) >= 11 is 0. The third-order valence-electron chi connectivity index (χ3n) is 7.84. The third kappa shape index (κ3) is 10.4. The van der Waals surface area contributed by atoms with Crippen molar-refractivity contribution in [3.05, 3.63) is 78.6 Å². The number of likely N-dealkylation sites (tertiary alicyclic amines) is 1. The van der Waals surface area contributed by atoms with Crippen LogP contribution in [0.3, 0.4) is 0 Å². The molecule has 3 aromatic rings. The van der Waals surface area contributed by atoms with Crippen molar-refractivity contribution in [2.75, 3.05) is 45.3 Å². The van der Waals surface area contributed by atoms with E-state index in [0.717, 1.165) is 40.1 Å². The molecule has 0 spiro atoms. The van der Waals surface area contributed by atoms with Gasteiger partial charge < -0.3 is 25.0 Å². The molecule has 1 aromatic heterocycles. The van der Waals surface area contributed by atoms with E-state index in [0.29, 0.717) is 37.9 Å². The van der Waals surface area contributed by atoms with E-state index in [4.69, 9.17) is 9.47 Å². The van der Waals surface area contributed by atoms with Crippen LogP contribution in [0, 0.1) is 5.92 Å². The van der Waals surface area contributed by atoms with Gasteiger partial charge in [0.05, 0.1) is 6.61 Å². The molecule has 1 aliphatic heterocycles. The van der Waals surface area contributed by atoms with Crippen LogP contribution in [-0.2, 0) is 20.7 Å². The second-order valence-electron chi connectivity index (χ2n) is 11.9. The van der Waals surface area contributed by atoms with Gasteiger partial charge in [-0.05, 0) is 42.2 Å². The van der Waals surface area contributed by atoms with Gasteiger partial charge in [-0.15, -0.1) is 0 Å². The monoisotopic (exact) mass is 613 g/mol. The Hall–Kier alpha value is -4.24. The van der Waals surface area contributed by atoms with Gasteiger partial charge in [0.1, 0.15) is 12.6 Å². The first-order valence-corrected chi connectivity index (χ1v) is 16.0. The SMILES string of the molecule is C=C(C)COC(=O)NC(Cc1ccc(-c2ncc(-c3ccc(NCCCCCCC)cc3)cn2)cc1)C(=O)N1CC(COC)C1. The van der Waals surface area contributed by atoms with Crippen LogP contribution in [0.5, 0.6) is 0 Å². The molecule has 1 aliphatic rings. The summed E-state index contributed by atoms with van der Waals surface area (Å²) in [4.78, 5) is 36.7. The van der Waals surface area contributed by atoms with Crippen molar-refractivity contribution in [2.45, 2.75) is 58.4 Å². The van der Waals surface area contributed by atoms with E-state index in [1.54, 1.807) is 18.9 Å². The van der Waals surface area contributed by atoms with Gasteiger partial charge in [0.25, 0.3) is 0 Å². The van der Waals surface area contributed by atoms with Crippen LogP contribution in [-0.4, -0.2) is 72.9 Å². The highest BCUT2D eigenvalue weighted by Crippen LogP contribution is 2.23. The van der Waals surface area contributed by atoms with E-state index in [1.807, 2.05) is 36.7 Å². The van der Waals surface area contributed by atoms with Crippen molar-refractivity contribution in [3.63, 3.8) is 0 Å². The van der Waals surface area contributed by atoms with Crippen LogP contribution < -0.4 is 10.6 Å². The highest BCUT2D eigenvalue weighted by Gasteiger charge is 2.35. The average molecular weight is 614 g/mol. The number of amides is 2. The summed E-state index contributed by atoms with van der Waals surface area (Å²) in [5.74, 6) is 0.793. The number of hydrogen-bond acceptors (Lipinski definition) is 7. The molecule has 45 heavy (non-hydrogen) atoms. The second kappa shape index (κ2) is 17.3. The minimum absolute atomic E-state index is 0.0988. The molecule has 2 N–H and O–H groups in total. The van der Waals surface area contributed by atoms with E-state index in [2.05, 4.69) is 58.4 Å². The fraction of sp³-hybridized carbons (Fsp3) is 0.444. The van der Waals surface area contributed by atoms with E-state index >= 15 is 0 Å². The van der Waals surface area contributed by atoms with Gasteiger partial charge in [0, 0.05) is 68.3 Å². The molecule has 2 amide bonds. The Labute approximate surface area is 267 Å². The van der Waals surface area contributed by atoms with Gasteiger partial charge in [-0.2, -0.15) is 0 Å². The molecule has 4 rings (SSSR count). The standard InChI is InChI=1S/C36H47N5O4/c1-5-6-7-8-9-18-37-32-16-14-29(15-17-32)31-20-38-34(39-21-31)30-12-10-27(11-13-30)19-33(40-36(43)45-24-26(2)3)35(42)41-22-28(23-41)25-44-4/h10-17,20-21,28,33,37H,2,5-9,18-19,22-25H2,1,3-4H3,(H,40,43). The van der Waals surface area contributed by atoms with Gasteiger partial charge in [0.15, 0.2) is 5.82 Å². The number of nitrogens with zero attached hydrogens (tertiary/aromatic N) is 3. The maximum Gasteiger partial charge on any atom is 0.408 e. The van der Waals surface area contributed by atoms with Crippen molar-refractivity contribution in [3.8, 4) is 22.5 Å². The Bertz CT molecular complexity index is 1370. The Kier molecular flexibility index (Phi) is 12.9. The lowest BCUT2D eigenvalue weighted by Gasteiger charge is -2.40. The molecule has 9 heteroatoms. The van der Waals surface area contributed by atoms with Crippen molar-refractivity contribution in [1.29, 1.82) is 0 Å². The molecule has 1 fully saturated rings. The second-order valence-corrected chi connectivity index (χ2v) is 11.9. The Morgan fingerprint density at radius 2 is 1.62 bits per heavy atom. The van der Waals surface area contributed by atoms with E-state index in [-0.39, 0.29) is 12.5 Å². The fourth-order valence-corrected chi connectivity index (χ4v) is 5.28. The largest absolute Gasteiger partial charge is 0.445 e. The predicted molar refractivity (Wildman–Crippen MR) is 179 cm³/mol. The average Bonchev–Trinajstić information content (AvgIpc) is 3.03. The highest BCUT2D eigenvalue weighted by atomic mass is 16.5. The number of carbonyl (C=O) groups is 2. The molecule has 0 bridgehead atoms. The molecule has 0 saturated carbocycles. The number of hydrogen-bond donors (Lipinski definition) is 2. The zero-order valence-electron chi connectivity index (χ0n) is 26.9. The first-order chi connectivity index (χ1) is 21.9. The number of aromatic nitrogens is 2. The summed E-state index contributed by atoms with van der Waals surface area (Å²) in [6.07, 6.45) is 9.70. The van der Waals surface area contributed by atoms with Crippen LogP contribution >= 0.6 is 0 Å². The van der Waals surface area contributed by atoms with Gasteiger partial charge in [-0.1, -0.05) is 75.6 Å². The van der Waals surface area contributed by atoms with Gasteiger partial charge >= 0.3 is 6.09 Å². The topological polar surface area (TPSA) is 106 Å². The fourth-order valence-electron chi connectivity index (χ4n) is 5.28. The van der Waals surface area contributed by atoms with E-state index in [1.165, 1.54) is 32.1 Å². The van der Waals surface area contributed by atoms with Gasteiger partial charge in [0.2, 0.25) is 5.91 Å². The molecule has 2 heterocycles. The molecule has 9 nitrogen and oxygen atoms in total. The minimum atomic E-state index is -0.750. The van der Waals surface area contributed by atoms with Crippen LogP contribution in [0.2, 0.25) is 0 Å². The van der Waals surface area contributed by atoms with Crippen molar-refractivity contribution in [1.82, 2.24) is 20.2 Å². The summed E-state index contributed by atoms with van der Waals surface area (Å²) in [6.45, 7) is 10.7. The Morgan fingerprint density at radius 1 is 0.956 bits per heavy atom. The minimum Gasteiger partial charge on any atom is -0.445 e. The maximum atomic E-state index is 13.3. The van der Waals surface area contributed by atoms with Crippen LogP contribution in [0.15, 0.2) is 73.1 Å². The smallest absolute Gasteiger partial charge is 0.408 e. The predicted octanol–water partition coefficient (Wildman–Crippen LogP) is 6.51. The number of alkyl carbamates (subject to hydrolysis) is 1. The number of ether oxygens (including phenoxy) is 2. The number of benzene rings is 2. The lowest BCUT2D eigenvalue weighted by molar-refractivity contribution is -0.141. The molecule has 0 aliphatic carbocycles. The Morgan fingerprint density at radius 3 is 2.27 bits per heavy atom. The first kappa shape index (κ1) is 33.6. The van der Waals surface area contributed by atoms with Crippen molar-refractivity contribution < 1.29 is 19.1 Å². The molecule has 0 radical (unpaired) electrons. The summed E-state index contributed by atoms with van der Waals surface area (Å²) in [5.41, 5.74) is 5.62. The van der Waals surface area contributed by atoms with Crippen LogP contribution in [0.25, 0.3) is 22.5 Å². The van der Waals surface area contributed by atoms with E-state index < -0.39 is 12.1 Å². The summed E-state index contributed by atoms with van der Waals surface area (Å²) < 4.78 is 10.4. The number of unbranched alkanes of at least 4 members (excludes halogenated alkanes) is 4. The highest BCUT2D eigenvalue weighted by molar-refractivity contribution is 5.86. The summed E-state index contributed by atoms with van der Waals surface area (Å²) in [7, 11) is 1.66. The summed E-state index contributed by atoms with van der Waals surface area (Å²) in [5, 5.41) is 6.26. The number of rotatable bonds is 17. The van der Waals surface area contributed by atoms with Gasteiger partial charge in [-0.25, -0.2) is 14.8 Å². The number of nitrogens with one attached hydrogen (secondary N) is 2. The summed E-state index contributed by atoms with van der Waals surface area (Å²) in [6, 6.07) is 15.4. The van der Waals surface area contributed by atoms with Crippen LogP contribution in [0.1, 0.15) is 51.5 Å². The molecule has 2 aromatic carbocycles. The zero-order chi connectivity index (χ0) is 32.0. The normalized spacial score (nSPS) is 13.5. The zero-order valence-corrected chi connectivity index (χ0v) is 26.9. The lowest BCUT2D eigenvalue weighted by Crippen LogP contribution is -2.58. The first-order valence-electron chi connectivity index (χ1n) is 16.0. The van der Waals surface area contributed by atoms with Gasteiger partial charge in [-0.3, -0.25) is 4.79 Å². The third-order valence-corrected chi connectivity index (χ3v) is 7.84. The maximum absolute atomic E-state index is 13.3. The molecule has 1 atom stereocenters. The number of methoxy groups -OCH3 is 1. The number of anilines is 1. The molecular weight excluding hydrogens is 566 g/mol. The van der Waals surface area contributed by atoms with E-state index in [9.17, 15) is 9.59 Å². The molecular formula is C36H47N5O4. The van der Waals surface area contributed by atoms with Crippen molar-refractivity contribution in [2.24, 2.45) is 5.92 Å². The molecule has 1 unspecified atom stereocenters. The molecule has 1 saturated heterocycles. The van der Waals surface area contributed by atoms with Crippen LogP contribution in [0.4, 0.5) is 10.5 Å². The molecule has 240 valence electrons. The Balaban J connectivity index is 1.34. The number of carbonyl (C=O) groups excluding carboxylic acids is 2. The quantitative estimate of drug-likeness (QED) is 0.132. The van der Waals surface area contributed by atoms with Crippen molar-refractivity contribution >= 4 is 17.7 Å².